The maximum absolute atomic E-state index is 12.2. The van der Waals surface area contributed by atoms with Crippen molar-refractivity contribution in [1.82, 2.24) is 4.90 Å². The molecule has 0 aliphatic carbocycles. The van der Waals surface area contributed by atoms with E-state index in [2.05, 4.69) is 0 Å². The molecule has 17 heavy (non-hydrogen) atoms. The first kappa shape index (κ1) is 13.9. The second kappa shape index (κ2) is 5.96. The van der Waals surface area contributed by atoms with Crippen molar-refractivity contribution in [3.05, 3.63) is 29.3 Å². The van der Waals surface area contributed by atoms with Gasteiger partial charge in [0.05, 0.1) is 0 Å². The van der Waals surface area contributed by atoms with E-state index in [1.807, 2.05) is 13.2 Å². The molecule has 94 valence electrons. The summed E-state index contributed by atoms with van der Waals surface area (Å²) in [5, 5.41) is 9.60. The molecule has 1 amide bonds. The van der Waals surface area contributed by atoms with Crippen LogP contribution in [0.2, 0.25) is 0 Å². The highest BCUT2D eigenvalue weighted by Gasteiger charge is 2.19. The number of amides is 1. The van der Waals surface area contributed by atoms with Crippen molar-refractivity contribution in [1.29, 1.82) is 0 Å². The van der Waals surface area contributed by atoms with E-state index in [1.54, 1.807) is 48.8 Å². The first-order valence-electron chi connectivity index (χ1n) is 5.53. The minimum atomic E-state index is -0.0417. The van der Waals surface area contributed by atoms with Gasteiger partial charge in [-0.15, -0.1) is 0 Å². The zero-order valence-electron chi connectivity index (χ0n) is 10.7. The van der Waals surface area contributed by atoms with Crippen molar-refractivity contribution in [3.8, 4) is 5.75 Å². The third kappa shape index (κ3) is 3.16. The van der Waals surface area contributed by atoms with E-state index in [-0.39, 0.29) is 17.7 Å². The van der Waals surface area contributed by atoms with Crippen LogP contribution in [0.15, 0.2) is 18.2 Å². The Labute approximate surface area is 107 Å². The number of aromatic hydroxyl groups is 1. The molecule has 1 rings (SSSR count). The fourth-order valence-corrected chi connectivity index (χ4v) is 2.30. The molecule has 0 spiro atoms. The topological polar surface area (TPSA) is 40.5 Å². The van der Waals surface area contributed by atoms with Gasteiger partial charge in [0.2, 0.25) is 0 Å². The Morgan fingerprint density at radius 2 is 2.18 bits per heavy atom. The Kier molecular flexibility index (Phi) is 4.87. The number of carbonyl (C=O) groups is 1. The largest absolute Gasteiger partial charge is 0.508 e. The lowest BCUT2D eigenvalue weighted by atomic mass is 10.1. The molecule has 0 saturated heterocycles. The van der Waals surface area contributed by atoms with E-state index in [4.69, 9.17) is 0 Å². The molecule has 0 heterocycles. The number of carbonyl (C=O) groups excluding carboxylic acids is 1. The van der Waals surface area contributed by atoms with Crippen molar-refractivity contribution < 1.29 is 9.90 Å². The molecular weight excluding hydrogens is 234 g/mol. The molecule has 0 radical (unpaired) electrons. The van der Waals surface area contributed by atoms with E-state index in [0.29, 0.717) is 11.1 Å². The summed E-state index contributed by atoms with van der Waals surface area (Å²) in [5.41, 5.74) is 1.21. The molecule has 1 atom stereocenters. The average molecular weight is 253 g/mol. The smallest absolute Gasteiger partial charge is 0.254 e. The number of hydrogen-bond donors (Lipinski definition) is 1. The first-order chi connectivity index (χ1) is 7.99. The van der Waals surface area contributed by atoms with Gasteiger partial charge in [-0.3, -0.25) is 4.79 Å². The van der Waals surface area contributed by atoms with Crippen molar-refractivity contribution >= 4 is 17.7 Å². The summed E-state index contributed by atoms with van der Waals surface area (Å²) in [6, 6.07) is 5.22. The monoisotopic (exact) mass is 253 g/mol. The summed E-state index contributed by atoms with van der Waals surface area (Å²) in [6.45, 7) is 3.78. The normalized spacial score (nSPS) is 12.2. The van der Waals surface area contributed by atoms with Gasteiger partial charge in [0.25, 0.3) is 5.91 Å². The van der Waals surface area contributed by atoms with E-state index in [1.165, 1.54) is 0 Å². The molecule has 0 aliphatic heterocycles. The van der Waals surface area contributed by atoms with Crippen molar-refractivity contribution in [3.63, 3.8) is 0 Å². The first-order valence-corrected chi connectivity index (χ1v) is 6.93. The summed E-state index contributed by atoms with van der Waals surface area (Å²) < 4.78 is 0. The zero-order chi connectivity index (χ0) is 13.0. The van der Waals surface area contributed by atoms with Crippen LogP contribution in [0.3, 0.4) is 0 Å². The maximum atomic E-state index is 12.2. The summed E-state index contributed by atoms with van der Waals surface area (Å²) in [7, 11) is 1.80. The lowest BCUT2D eigenvalue weighted by Gasteiger charge is -2.25. The number of phenols is 1. The molecule has 0 aromatic heterocycles. The number of rotatable bonds is 4. The van der Waals surface area contributed by atoms with Gasteiger partial charge in [-0.05, 0) is 32.2 Å². The van der Waals surface area contributed by atoms with Crippen LogP contribution in [-0.2, 0) is 0 Å². The average Bonchev–Trinajstić information content (AvgIpc) is 2.31. The van der Waals surface area contributed by atoms with Gasteiger partial charge >= 0.3 is 0 Å². The quantitative estimate of drug-likeness (QED) is 0.896. The molecule has 0 saturated carbocycles. The predicted molar refractivity (Wildman–Crippen MR) is 72.8 cm³/mol. The minimum Gasteiger partial charge on any atom is -0.508 e. The molecule has 0 bridgehead atoms. The standard InChI is InChI=1S/C13H19NO2S/c1-9(8-17-4)14(3)13(16)11-6-5-7-12(15)10(11)2/h5-7,9,15H,8H2,1-4H3. The van der Waals surface area contributed by atoms with Crippen LogP contribution in [-0.4, -0.2) is 41.0 Å². The van der Waals surface area contributed by atoms with Gasteiger partial charge in [-0.1, -0.05) is 6.07 Å². The van der Waals surface area contributed by atoms with Gasteiger partial charge in [0.15, 0.2) is 0 Å². The van der Waals surface area contributed by atoms with Crippen LogP contribution in [0.4, 0.5) is 0 Å². The molecule has 0 fully saturated rings. The second-order valence-electron chi connectivity index (χ2n) is 4.17. The Morgan fingerprint density at radius 1 is 1.53 bits per heavy atom. The predicted octanol–water partition coefficient (Wildman–Crippen LogP) is 2.52. The summed E-state index contributed by atoms with van der Waals surface area (Å²) in [6.07, 6.45) is 2.02. The van der Waals surface area contributed by atoms with Crippen LogP contribution in [0.1, 0.15) is 22.8 Å². The number of hydrogen-bond acceptors (Lipinski definition) is 3. The number of phenolic OH excluding ortho intramolecular Hbond substituents is 1. The van der Waals surface area contributed by atoms with Gasteiger partial charge in [-0.2, -0.15) is 11.8 Å². The summed E-state index contributed by atoms with van der Waals surface area (Å²) in [5.74, 6) is 1.03. The van der Waals surface area contributed by atoms with Crippen molar-refractivity contribution in [2.24, 2.45) is 0 Å². The minimum absolute atomic E-state index is 0.0417. The van der Waals surface area contributed by atoms with Gasteiger partial charge in [0.1, 0.15) is 5.75 Å². The Morgan fingerprint density at radius 3 is 2.76 bits per heavy atom. The molecule has 1 aromatic carbocycles. The molecule has 1 unspecified atom stereocenters. The van der Waals surface area contributed by atoms with Crippen LogP contribution >= 0.6 is 11.8 Å². The molecule has 4 heteroatoms. The molecule has 3 nitrogen and oxygen atoms in total. The van der Waals surface area contributed by atoms with E-state index >= 15 is 0 Å². The van der Waals surface area contributed by atoms with Crippen molar-refractivity contribution in [2.75, 3.05) is 19.1 Å². The molecular formula is C13H19NO2S. The van der Waals surface area contributed by atoms with Gasteiger partial charge < -0.3 is 10.0 Å². The Balaban J connectivity index is 2.93. The number of thioether (sulfide) groups is 1. The fourth-order valence-electron chi connectivity index (χ4n) is 1.60. The molecule has 1 aromatic rings. The third-order valence-electron chi connectivity index (χ3n) is 2.92. The highest BCUT2D eigenvalue weighted by Crippen LogP contribution is 2.21. The Bertz CT molecular complexity index is 406. The highest BCUT2D eigenvalue weighted by atomic mass is 32.2. The number of nitrogens with zero attached hydrogens (tertiary/aromatic N) is 1. The van der Waals surface area contributed by atoms with E-state index in [0.717, 1.165) is 5.75 Å². The van der Waals surface area contributed by atoms with Crippen LogP contribution < -0.4 is 0 Å². The lowest BCUT2D eigenvalue weighted by Crippen LogP contribution is -2.36. The number of benzene rings is 1. The van der Waals surface area contributed by atoms with E-state index in [9.17, 15) is 9.90 Å². The SMILES string of the molecule is CSCC(C)N(C)C(=O)c1cccc(O)c1C. The molecule has 0 aliphatic rings. The van der Waals surface area contributed by atoms with Crippen molar-refractivity contribution in [2.45, 2.75) is 19.9 Å². The summed E-state index contributed by atoms with van der Waals surface area (Å²) >= 11 is 1.71. The van der Waals surface area contributed by atoms with E-state index < -0.39 is 0 Å². The second-order valence-corrected chi connectivity index (χ2v) is 5.08. The van der Waals surface area contributed by atoms with Crippen LogP contribution in [0.5, 0.6) is 5.75 Å². The highest BCUT2D eigenvalue weighted by molar-refractivity contribution is 7.98. The maximum Gasteiger partial charge on any atom is 0.254 e. The summed E-state index contributed by atoms with van der Waals surface area (Å²) in [4.78, 5) is 14.0. The van der Waals surface area contributed by atoms with Gasteiger partial charge in [-0.25, -0.2) is 0 Å². The Hall–Kier alpha value is -1.16. The zero-order valence-corrected chi connectivity index (χ0v) is 11.5. The lowest BCUT2D eigenvalue weighted by molar-refractivity contribution is 0.0756. The molecule has 1 N–H and O–H groups in total. The van der Waals surface area contributed by atoms with Crippen LogP contribution in [0.25, 0.3) is 0 Å². The fraction of sp³-hybridized carbons (Fsp3) is 0.462. The third-order valence-corrected chi connectivity index (χ3v) is 3.74. The van der Waals surface area contributed by atoms with Crippen LogP contribution in [0, 0.1) is 6.92 Å². The van der Waals surface area contributed by atoms with Gasteiger partial charge in [0, 0.05) is 30.0 Å².